The number of benzene rings is 4. The van der Waals surface area contributed by atoms with E-state index in [-0.39, 0.29) is 36.4 Å². The van der Waals surface area contributed by atoms with E-state index < -0.39 is 23.3 Å². The number of hydrogen-bond donors (Lipinski definition) is 3. The molecule has 0 bridgehead atoms. The van der Waals surface area contributed by atoms with Crippen LogP contribution in [0.4, 0.5) is 28.0 Å². The molecular formula is C63H68F4N6O4. The van der Waals surface area contributed by atoms with Crippen LogP contribution in [0.25, 0.3) is 21.8 Å². The molecule has 10 nitrogen and oxygen atoms in total. The number of carbonyl (C=O) groups excluding carboxylic acids is 2. The first kappa shape index (κ1) is 54.5. The van der Waals surface area contributed by atoms with Gasteiger partial charge in [-0.25, -0.2) is 9.18 Å². The molecule has 402 valence electrons. The Morgan fingerprint density at radius 1 is 0.675 bits per heavy atom. The first-order valence-electron chi connectivity index (χ1n) is 26.8. The van der Waals surface area contributed by atoms with Gasteiger partial charge in [-0.05, 0) is 154 Å². The number of pyridine rings is 2. The molecule has 10 rings (SSSR count). The molecule has 0 saturated heterocycles. The Balaban J connectivity index is 0.000000188. The summed E-state index contributed by atoms with van der Waals surface area (Å²) in [5, 5.41) is 19.9. The molecule has 4 aromatic heterocycles. The van der Waals surface area contributed by atoms with Gasteiger partial charge in [0.25, 0.3) is 0 Å². The second kappa shape index (κ2) is 23.1. The van der Waals surface area contributed by atoms with Crippen LogP contribution in [0.2, 0.25) is 0 Å². The predicted molar refractivity (Wildman–Crippen MR) is 295 cm³/mol. The smallest absolute Gasteiger partial charge is 0.433 e. The largest absolute Gasteiger partial charge is 0.490 e. The highest BCUT2D eigenvalue weighted by atomic mass is 19.4. The van der Waals surface area contributed by atoms with Crippen LogP contribution < -0.4 is 15.4 Å². The van der Waals surface area contributed by atoms with Crippen molar-refractivity contribution in [3.8, 4) is 5.75 Å². The van der Waals surface area contributed by atoms with Gasteiger partial charge in [0.1, 0.15) is 17.3 Å². The highest BCUT2D eigenvalue weighted by molar-refractivity contribution is 5.98. The molecule has 4 heterocycles. The normalized spacial score (nSPS) is 14.5. The van der Waals surface area contributed by atoms with Gasteiger partial charge >= 0.3 is 12.2 Å². The molecule has 2 aliphatic rings. The minimum atomic E-state index is -4.51. The summed E-state index contributed by atoms with van der Waals surface area (Å²) in [4.78, 5) is 34.9. The van der Waals surface area contributed by atoms with Gasteiger partial charge in [-0.1, -0.05) is 100 Å². The maximum absolute atomic E-state index is 13.8. The summed E-state index contributed by atoms with van der Waals surface area (Å²) in [5.41, 5.74) is 6.87. The van der Waals surface area contributed by atoms with Gasteiger partial charge in [0.15, 0.2) is 0 Å². The Morgan fingerprint density at radius 2 is 1.29 bits per heavy atom. The monoisotopic (exact) mass is 1050 g/mol. The topological polar surface area (TPSA) is 123 Å². The molecule has 0 unspecified atom stereocenters. The Labute approximate surface area is 447 Å². The molecule has 0 spiro atoms. The third kappa shape index (κ3) is 13.1. The van der Waals surface area contributed by atoms with E-state index in [1.807, 2.05) is 66.7 Å². The summed E-state index contributed by atoms with van der Waals surface area (Å²) >= 11 is 0. The van der Waals surface area contributed by atoms with Gasteiger partial charge in [-0.2, -0.15) is 13.2 Å². The molecular weight excluding hydrogens is 981 g/mol. The molecule has 4 aromatic carbocycles. The summed E-state index contributed by atoms with van der Waals surface area (Å²) < 4.78 is 62.1. The number of aromatic nitrogens is 4. The number of carbonyl (C=O) groups is 2. The predicted octanol–water partition coefficient (Wildman–Crippen LogP) is 14.6. The number of ether oxygens (including phenoxy) is 1. The van der Waals surface area contributed by atoms with Crippen LogP contribution in [-0.4, -0.2) is 48.3 Å². The summed E-state index contributed by atoms with van der Waals surface area (Å²) in [7, 11) is 0. The van der Waals surface area contributed by atoms with Gasteiger partial charge in [0, 0.05) is 59.0 Å². The number of hydrogen-bond acceptors (Lipinski definition) is 7. The number of nitrogens with one attached hydrogen (secondary N) is 2. The lowest BCUT2D eigenvalue weighted by Crippen LogP contribution is -2.32. The number of halogens is 4. The maximum Gasteiger partial charge on any atom is 0.433 e. The fraction of sp³-hybridized carbons (Fsp3) is 0.365. The van der Waals surface area contributed by atoms with Gasteiger partial charge in [0.05, 0.1) is 34.6 Å². The molecule has 14 heteroatoms. The van der Waals surface area contributed by atoms with Crippen LogP contribution in [0, 0.1) is 5.82 Å². The summed E-state index contributed by atoms with van der Waals surface area (Å²) in [6.45, 7) is 9.77. The highest BCUT2D eigenvalue weighted by Gasteiger charge is 2.34. The van der Waals surface area contributed by atoms with Crippen molar-refractivity contribution < 1.29 is 37.0 Å². The summed E-state index contributed by atoms with van der Waals surface area (Å²) in [5.74, 6) is 0.204. The molecule has 2 aliphatic carbocycles. The number of aryl methyl sites for hydroxylation is 1. The van der Waals surface area contributed by atoms with Crippen LogP contribution in [0.3, 0.4) is 0 Å². The molecule has 77 heavy (non-hydrogen) atoms. The van der Waals surface area contributed by atoms with Crippen LogP contribution >= 0.6 is 0 Å². The fourth-order valence-electron chi connectivity index (χ4n) is 11.1. The highest BCUT2D eigenvalue weighted by Crippen LogP contribution is 2.40. The third-order valence-corrected chi connectivity index (χ3v) is 14.6. The summed E-state index contributed by atoms with van der Waals surface area (Å²) in [6, 6.07) is 36.1. The lowest BCUT2D eigenvalue weighted by Gasteiger charge is -2.24. The van der Waals surface area contributed by atoms with Crippen molar-refractivity contribution >= 4 is 39.4 Å². The lowest BCUT2D eigenvalue weighted by atomic mass is 9.86. The summed E-state index contributed by atoms with van der Waals surface area (Å²) in [6.07, 6.45) is 10.6. The molecule has 0 atom stereocenters. The first-order chi connectivity index (χ1) is 36.8. The zero-order valence-electron chi connectivity index (χ0n) is 44.5. The molecule has 8 aromatic rings. The Hall–Kier alpha value is -7.32. The lowest BCUT2D eigenvalue weighted by molar-refractivity contribution is -0.141. The quantitative estimate of drug-likeness (QED) is 0.0927. The maximum atomic E-state index is 13.8. The Bertz CT molecular complexity index is 3330. The van der Waals surface area contributed by atoms with Crippen molar-refractivity contribution in [1.82, 2.24) is 24.4 Å². The molecule has 0 aliphatic heterocycles. The van der Waals surface area contributed by atoms with E-state index in [2.05, 4.69) is 71.7 Å². The van der Waals surface area contributed by atoms with E-state index in [9.17, 15) is 32.3 Å². The van der Waals surface area contributed by atoms with E-state index in [0.29, 0.717) is 42.1 Å². The van der Waals surface area contributed by atoms with Gasteiger partial charge in [-0.15, -0.1) is 0 Å². The number of fused-ring (bicyclic) bond motifs is 2. The van der Waals surface area contributed by atoms with Crippen LogP contribution in [0.5, 0.6) is 5.75 Å². The zero-order valence-corrected chi connectivity index (χ0v) is 44.5. The van der Waals surface area contributed by atoms with Crippen molar-refractivity contribution in [2.75, 3.05) is 5.32 Å². The minimum Gasteiger partial charge on any atom is -0.490 e. The number of anilines is 1. The van der Waals surface area contributed by atoms with Crippen LogP contribution in [-0.2, 0) is 43.0 Å². The number of rotatable bonds is 14. The van der Waals surface area contributed by atoms with E-state index in [1.54, 1.807) is 29.2 Å². The number of amides is 1. The van der Waals surface area contributed by atoms with Crippen LogP contribution in [0.1, 0.15) is 148 Å². The average molecular weight is 1050 g/mol. The van der Waals surface area contributed by atoms with Crippen LogP contribution in [0.15, 0.2) is 134 Å². The average Bonchev–Trinajstić information content (AvgIpc) is 4.29. The second-order valence-corrected chi connectivity index (χ2v) is 22.1. The fourth-order valence-corrected chi connectivity index (χ4v) is 11.1. The molecule has 0 radical (unpaired) electrons. The van der Waals surface area contributed by atoms with E-state index in [4.69, 9.17) is 4.74 Å². The van der Waals surface area contributed by atoms with Crippen molar-refractivity contribution in [3.05, 3.63) is 190 Å². The van der Waals surface area contributed by atoms with Gasteiger partial charge in [0.2, 0.25) is 5.91 Å². The van der Waals surface area contributed by atoms with Crippen molar-refractivity contribution in [3.63, 3.8) is 0 Å². The second-order valence-electron chi connectivity index (χ2n) is 22.1. The Morgan fingerprint density at radius 3 is 1.88 bits per heavy atom. The van der Waals surface area contributed by atoms with Gasteiger partial charge < -0.3 is 20.5 Å². The zero-order chi connectivity index (χ0) is 54.5. The number of aliphatic hydroxyl groups is 1. The van der Waals surface area contributed by atoms with Crippen molar-refractivity contribution in [1.29, 1.82) is 0 Å². The molecule has 3 N–H and O–H groups in total. The Kier molecular flexibility index (Phi) is 16.3. The van der Waals surface area contributed by atoms with E-state index in [1.165, 1.54) is 37.8 Å². The molecule has 1 amide bonds. The minimum absolute atomic E-state index is 0.0581. The standard InChI is InChI=1S/C32H35F3N4O.C31H33FN2O3/c1-31(2,3)29-26(17-21-9-5-4-6-10-21)25-18-24(38-23-11-7-8-12-23)14-15-27(25)39(29)30(40)37-20-22-13-16-28(36-19-22)32(33,34)35;1-31(2,36)30-27(17-21-8-4-3-5-9-21)26-18-25(37-24-10-6-7-11-24)13-14-28(26)34(30)29(35)15-12-22-16-23(32)20-33-19-22/h4-6,9-10,13-16,18-19,23,38H,7-8,11-12,17,20H2,1-3H3,(H,37,40);3-5,8-9,13-14,16,18-20,24,36H,6-7,10-12,15,17H2,1-2H3. The first-order valence-corrected chi connectivity index (χ1v) is 26.8. The van der Waals surface area contributed by atoms with Gasteiger partial charge in [-0.3, -0.25) is 23.9 Å². The van der Waals surface area contributed by atoms with Crippen molar-refractivity contribution in [2.45, 2.75) is 148 Å². The number of alkyl halides is 3. The number of nitrogens with zero attached hydrogens (tertiary/aromatic N) is 4. The van der Waals surface area contributed by atoms with Crippen molar-refractivity contribution in [2.24, 2.45) is 0 Å². The molecule has 2 fully saturated rings. The SMILES string of the molecule is CC(C)(C)c1c(Cc2ccccc2)c2cc(NC3CCCC3)ccc2n1C(=O)NCc1ccc(C(F)(F)F)nc1.CC(C)(O)c1c(Cc2ccccc2)c2cc(OC3CCCC3)ccc2n1C(=O)CCc1cncc(F)c1. The van der Waals surface area contributed by atoms with E-state index >= 15 is 0 Å². The third-order valence-electron chi connectivity index (χ3n) is 14.6. The molecule has 2 saturated carbocycles. The van der Waals surface area contributed by atoms with E-state index in [0.717, 1.165) is 105 Å².